The molecule has 152 valence electrons. The Hall–Kier alpha value is -3.87. The summed E-state index contributed by atoms with van der Waals surface area (Å²) in [6.45, 7) is 0.392. The molecule has 0 radical (unpaired) electrons. The first-order chi connectivity index (χ1) is 14.7. The topological polar surface area (TPSA) is 80.8 Å². The zero-order valence-electron chi connectivity index (χ0n) is 16.3. The third-order valence-corrected chi connectivity index (χ3v) is 4.64. The average molecular weight is 403 g/mol. The van der Waals surface area contributed by atoms with E-state index in [0.717, 1.165) is 11.1 Å². The van der Waals surface area contributed by atoms with Crippen LogP contribution in [0.5, 0.6) is 11.5 Å². The lowest BCUT2D eigenvalue weighted by Gasteiger charge is -2.22. The molecule has 0 saturated heterocycles. The van der Waals surface area contributed by atoms with Gasteiger partial charge in [0.25, 0.3) is 0 Å². The SMILES string of the molecule is O=C(CN(Cc1cccnc1)C(=O)Cc1ccccc1)Nc1ccc2c(c1)OCO2. The van der Waals surface area contributed by atoms with E-state index >= 15 is 0 Å². The van der Waals surface area contributed by atoms with Crippen LogP contribution in [0.25, 0.3) is 0 Å². The minimum Gasteiger partial charge on any atom is -0.454 e. The van der Waals surface area contributed by atoms with Gasteiger partial charge < -0.3 is 19.7 Å². The fraction of sp³-hybridized carbons (Fsp3) is 0.174. The number of fused-ring (bicyclic) bond motifs is 1. The van der Waals surface area contributed by atoms with E-state index in [1.54, 1.807) is 30.6 Å². The van der Waals surface area contributed by atoms with E-state index in [1.807, 2.05) is 42.5 Å². The van der Waals surface area contributed by atoms with Crippen molar-refractivity contribution in [2.24, 2.45) is 0 Å². The van der Waals surface area contributed by atoms with Crippen molar-refractivity contribution < 1.29 is 19.1 Å². The van der Waals surface area contributed by atoms with Crippen LogP contribution < -0.4 is 14.8 Å². The Morgan fingerprint density at radius 2 is 1.77 bits per heavy atom. The maximum Gasteiger partial charge on any atom is 0.244 e. The van der Waals surface area contributed by atoms with Crippen LogP contribution in [0.1, 0.15) is 11.1 Å². The van der Waals surface area contributed by atoms with Crippen molar-refractivity contribution in [3.63, 3.8) is 0 Å². The first-order valence-electron chi connectivity index (χ1n) is 9.57. The number of pyridine rings is 1. The summed E-state index contributed by atoms with van der Waals surface area (Å²) >= 11 is 0. The molecule has 7 nitrogen and oxygen atoms in total. The highest BCUT2D eigenvalue weighted by molar-refractivity contribution is 5.95. The van der Waals surface area contributed by atoms with Crippen LogP contribution >= 0.6 is 0 Å². The predicted molar refractivity (Wildman–Crippen MR) is 111 cm³/mol. The van der Waals surface area contributed by atoms with Gasteiger partial charge in [0, 0.05) is 30.7 Å². The number of hydrogen-bond acceptors (Lipinski definition) is 5. The number of hydrogen-bond donors (Lipinski definition) is 1. The van der Waals surface area contributed by atoms with Crippen molar-refractivity contribution in [2.75, 3.05) is 18.7 Å². The van der Waals surface area contributed by atoms with E-state index < -0.39 is 0 Å². The van der Waals surface area contributed by atoms with Crippen molar-refractivity contribution in [3.8, 4) is 11.5 Å². The van der Waals surface area contributed by atoms with Crippen LogP contribution in [-0.2, 0) is 22.6 Å². The second-order valence-corrected chi connectivity index (χ2v) is 6.89. The van der Waals surface area contributed by atoms with Crippen LogP contribution in [0.3, 0.4) is 0 Å². The number of rotatable bonds is 7. The third-order valence-electron chi connectivity index (χ3n) is 4.64. The summed E-state index contributed by atoms with van der Waals surface area (Å²) in [5.74, 6) is 0.800. The van der Waals surface area contributed by atoms with Crippen LogP contribution in [0.2, 0.25) is 0 Å². The summed E-state index contributed by atoms with van der Waals surface area (Å²) < 4.78 is 10.6. The van der Waals surface area contributed by atoms with E-state index in [1.165, 1.54) is 4.90 Å². The molecule has 0 atom stereocenters. The molecular formula is C23H21N3O4. The third kappa shape index (κ3) is 4.94. The number of benzene rings is 2. The molecule has 0 aliphatic carbocycles. The Morgan fingerprint density at radius 1 is 0.967 bits per heavy atom. The molecule has 0 unspecified atom stereocenters. The minimum atomic E-state index is -0.292. The van der Waals surface area contributed by atoms with E-state index in [4.69, 9.17) is 9.47 Å². The van der Waals surface area contributed by atoms with Crippen molar-refractivity contribution >= 4 is 17.5 Å². The van der Waals surface area contributed by atoms with Gasteiger partial charge in [0.15, 0.2) is 11.5 Å². The van der Waals surface area contributed by atoms with Crippen LogP contribution in [0.15, 0.2) is 73.1 Å². The fourth-order valence-corrected chi connectivity index (χ4v) is 3.17. The Bertz CT molecular complexity index is 1030. The molecule has 0 spiro atoms. The molecule has 30 heavy (non-hydrogen) atoms. The summed E-state index contributed by atoms with van der Waals surface area (Å²) in [7, 11) is 0. The molecule has 0 saturated carbocycles. The summed E-state index contributed by atoms with van der Waals surface area (Å²) in [6.07, 6.45) is 3.59. The Balaban J connectivity index is 1.45. The van der Waals surface area contributed by atoms with Crippen LogP contribution in [-0.4, -0.2) is 35.0 Å². The maximum atomic E-state index is 12.9. The standard InChI is InChI=1S/C23H21N3O4/c27-22(25-19-8-9-20-21(12-19)30-16-29-20)15-26(14-18-7-4-10-24-13-18)23(28)11-17-5-2-1-3-6-17/h1-10,12-13H,11,14-16H2,(H,25,27). The highest BCUT2D eigenvalue weighted by Gasteiger charge is 2.19. The van der Waals surface area contributed by atoms with Gasteiger partial charge in [0.2, 0.25) is 18.6 Å². The molecule has 2 amide bonds. The van der Waals surface area contributed by atoms with Crippen molar-refractivity contribution in [2.45, 2.75) is 13.0 Å². The Morgan fingerprint density at radius 3 is 2.57 bits per heavy atom. The van der Waals surface area contributed by atoms with Crippen molar-refractivity contribution in [1.29, 1.82) is 0 Å². The lowest BCUT2D eigenvalue weighted by Crippen LogP contribution is -2.38. The van der Waals surface area contributed by atoms with Gasteiger partial charge in [0.05, 0.1) is 6.42 Å². The molecule has 1 aromatic heterocycles. The number of aromatic nitrogens is 1. The molecule has 7 heteroatoms. The van der Waals surface area contributed by atoms with Gasteiger partial charge in [-0.3, -0.25) is 14.6 Å². The predicted octanol–water partition coefficient (Wildman–Crippen LogP) is 3.02. The molecule has 2 heterocycles. The zero-order valence-corrected chi connectivity index (χ0v) is 16.3. The highest BCUT2D eigenvalue weighted by Crippen LogP contribution is 2.34. The lowest BCUT2D eigenvalue weighted by atomic mass is 10.1. The largest absolute Gasteiger partial charge is 0.454 e. The van der Waals surface area contributed by atoms with Gasteiger partial charge in [-0.15, -0.1) is 0 Å². The number of carbonyl (C=O) groups is 2. The maximum absolute atomic E-state index is 12.9. The summed E-state index contributed by atoms with van der Waals surface area (Å²) in [4.78, 5) is 31.3. The van der Waals surface area contributed by atoms with Crippen LogP contribution in [0.4, 0.5) is 5.69 Å². The van der Waals surface area contributed by atoms with Gasteiger partial charge >= 0.3 is 0 Å². The number of amides is 2. The van der Waals surface area contributed by atoms with Crippen molar-refractivity contribution in [3.05, 3.63) is 84.2 Å². The van der Waals surface area contributed by atoms with Crippen molar-refractivity contribution in [1.82, 2.24) is 9.88 Å². The zero-order chi connectivity index (χ0) is 20.8. The first kappa shape index (κ1) is 19.4. The lowest BCUT2D eigenvalue weighted by molar-refractivity contribution is -0.134. The van der Waals surface area contributed by atoms with E-state index in [2.05, 4.69) is 10.3 Å². The van der Waals surface area contributed by atoms with Gasteiger partial charge in [-0.1, -0.05) is 36.4 Å². The normalized spacial score (nSPS) is 11.7. The monoisotopic (exact) mass is 403 g/mol. The number of nitrogens with one attached hydrogen (secondary N) is 1. The number of nitrogens with zero attached hydrogens (tertiary/aromatic N) is 2. The number of carbonyl (C=O) groups excluding carboxylic acids is 2. The number of anilines is 1. The van der Waals surface area contributed by atoms with Gasteiger partial charge in [-0.05, 0) is 29.3 Å². The molecule has 1 aliphatic rings. The molecule has 4 rings (SSSR count). The molecular weight excluding hydrogens is 382 g/mol. The summed E-state index contributed by atoms with van der Waals surface area (Å²) in [5.41, 5.74) is 2.34. The van der Waals surface area contributed by atoms with Crippen LogP contribution in [0, 0.1) is 0 Å². The quantitative estimate of drug-likeness (QED) is 0.656. The smallest absolute Gasteiger partial charge is 0.244 e. The van der Waals surface area contributed by atoms with Gasteiger partial charge in [-0.25, -0.2) is 0 Å². The second kappa shape index (κ2) is 9.09. The highest BCUT2D eigenvalue weighted by atomic mass is 16.7. The number of ether oxygens (including phenoxy) is 2. The molecule has 1 N–H and O–H groups in total. The van der Waals surface area contributed by atoms with E-state index in [0.29, 0.717) is 23.7 Å². The average Bonchev–Trinajstić information content (AvgIpc) is 3.22. The molecule has 0 bridgehead atoms. The molecule has 0 fully saturated rings. The Labute approximate surface area is 174 Å². The Kier molecular flexibility index (Phi) is 5.89. The van der Waals surface area contributed by atoms with E-state index in [9.17, 15) is 9.59 Å². The molecule has 3 aromatic rings. The van der Waals surface area contributed by atoms with Gasteiger partial charge in [-0.2, -0.15) is 0 Å². The summed E-state index contributed by atoms with van der Waals surface area (Å²) in [6, 6.07) is 18.3. The first-order valence-corrected chi connectivity index (χ1v) is 9.57. The van der Waals surface area contributed by atoms with E-state index in [-0.39, 0.29) is 31.6 Å². The second-order valence-electron chi connectivity index (χ2n) is 6.89. The van der Waals surface area contributed by atoms with Gasteiger partial charge in [0.1, 0.15) is 6.54 Å². The molecule has 1 aliphatic heterocycles. The minimum absolute atomic E-state index is 0.0744. The fourth-order valence-electron chi connectivity index (χ4n) is 3.17. The summed E-state index contributed by atoms with van der Waals surface area (Å²) in [5, 5.41) is 2.82. The molecule has 2 aromatic carbocycles.